The van der Waals surface area contributed by atoms with Crippen molar-refractivity contribution in [3.63, 3.8) is 0 Å². The van der Waals surface area contributed by atoms with Crippen molar-refractivity contribution in [1.29, 1.82) is 0 Å². The van der Waals surface area contributed by atoms with E-state index in [1.807, 2.05) is 0 Å². The molecule has 19 heavy (non-hydrogen) atoms. The van der Waals surface area contributed by atoms with Crippen molar-refractivity contribution in [2.45, 2.75) is 6.42 Å². The van der Waals surface area contributed by atoms with E-state index in [0.717, 1.165) is 65.4 Å². The summed E-state index contributed by atoms with van der Waals surface area (Å²) in [6.07, 6.45) is 1.21. The molecule has 0 aromatic heterocycles. The number of rotatable bonds is 0. The van der Waals surface area contributed by atoms with Crippen LogP contribution >= 0.6 is 20.2 Å². The van der Waals surface area contributed by atoms with E-state index in [-0.39, 0.29) is 13.1 Å². The van der Waals surface area contributed by atoms with Gasteiger partial charge in [-0.15, -0.1) is 0 Å². The molecule has 117 valence electrons. The maximum absolute atomic E-state index is 4.80. The van der Waals surface area contributed by atoms with Crippen LogP contribution < -0.4 is 26.6 Å². The first-order valence-electron chi connectivity index (χ1n) is 6.82. The zero-order chi connectivity index (χ0) is 14.0. The van der Waals surface area contributed by atoms with Gasteiger partial charge in [-0.25, -0.2) is 0 Å². The fraction of sp³-hybridized carbons (Fsp3) is 1.00. The van der Waals surface area contributed by atoms with Crippen molar-refractivity contribution in [2.75, 3.05) is 65.4 Å². The maximum atomic E-state index is 4.80. The molecule has 0 amide bonds. The molecule has 5 nitrogen and oxygen atoms in total. The fourth-order valence-corrected chi connectivity index (χ4v) is 1.67. The van der Waals surface area contributed by atoms with Crippen molar-refractivity contribution in [2.24, 2.45) is 0 Å². The molecule has 1 aliphatic rings. The van der Waals surface area contributed by atoms with Crippen LogP contribution in [0.5, 0.6) is 0 Å². The Balaban J connectivity index is 0.000000982. The van der Waals surface area contributed by atoms with E-state index >= 15 is 0 Å². The van der Waals surface area contributed by atoms with Gasteiger partial charge in [0.15, 0.2) is 0 Å². The zero-order valence-electron chi connectivity index (χ0n) is 11.4. The van der Waals surface area contributed by atoms with E-state index in [4.69, 9.17) is 20.2 Å². The Hall–Kier alpha value is 0.899. The molecular weight excluding hydrogens is 328 g/mol. The number of halogens is 2. The van der Waals surface area contributed by atoms with Gasteiger partial charge in [0, 0.05) is 52.4 Å². The van der Waals surface area contributed by atoms with Crippen LogP contribution in [-0.4, -0.2) is 65.4 Å². The van der Waals surface area contributed by atoms with Gasteiger partial charge in [-0.2, -0.15) is 0 Å². The predicted molar refractivity (Wildman–Crippen MR) is 80.7 cm³/mol. The third-order valence-corrected chi connectivity index (χ3v) is 2.62. The summed E-state index contributed by atoms with van der Waals surface area (Å²) in [6, 6.07) is 0. The normalized spacial score (nSPS) is 21.2. The summed E-state index contributed by atoms with van der Waals surface area (Å²) in [5.74, 6) is 0. The molecule has 0 spiro atoms. The summed E-state index contributed by atoms with van der Waals surface area (Å²) in [4.78, 5) is 0. The summed E-state index contributed by atoms with van der Waals surface area (Å²) in [5, 5.41) is 17.1. The van der Waals surface area contributed by atoms with E-state index in [1.165, 1.54) is 6.42 Å². The van der Waals surface area contributed by atoms with Gasteiger partial charge in [0.25, 0.3) is 0 Å². The average molecular weight is 355 g/mol. The third kappa shape index (κ3) is 18.9. The second kappa shape index (κ2) is 18.9. The second-order valence-electron chi connectivity index (χ2n) is 4.16. The molecular formula is C11H27Cl2MnN5. The van der Waals surface area contributed by atoms with Gasteiger partial charge in [-0.1, -0.05) is 0 Å². The van der Waals surface area contributed by atoms with Crippen LogP contribution in [0, 0.1) is 0 Å². The van der Waals surface area contributed by atoms with E-state index in [9.17, 15) is 0 Å². The van der Waals surface area contributed by atoms with E-state index < -0.39 is 0 Å². The van der Waals surface area contributed by atoms with Crippen molar-refractivity contribution in [3.05, 3.63) is 0 Å². The average Bonchev–Trinajstić information content (AvgIpc) is 2.40. The van der Waals surface area contributed by atoms with Gasteiger partial charge >= 0.3 is 33.3 Å². The molecule has 5 N–H and O–H groups in total. The molecule has 1 fully saturated rings. The second-order valence-corrected chi connectivity index (χ2v) is 6.11. The standard InChI is InChI=1S/C11H27N5.2ClH.Mn/c1-2-12-4-6-14-8-10-16-11-9-15-7-5-13-3-1;;;/h12-16H,1-11H2;2*1H;/q;;;+2/p-2. The third-order valence-electron chi connectivity index (χ3n) is 2.62. The molecule has 1 aliphatic heterocycles. The molecule has 0 unspecified atom stereocenters. The molecule has 0 atom stereocenters. The zero-order valence-corrected chi connectivity index (χ0v) is 14.1. The van der Waals surface area contributed by atoms with Gasteiger partial charge in [-0.3, -0.25) is 0 Å². The molecule has 1 rings (SSSR count). The number of nitrogens with one attached hydrogen (secondary N) is 5. The Morgan fingerprint density at radius 2 is 0.684 bits per heavy atom. The van der Waals surface area contributed by atoms with Crippen LogP contribution in [0.2, 0.25) is 0 Å². The molecule has 1 saturated heterocycles. The quantitative estimate of drug-likeness (QED) is 0.387. The van der Waals surface area contributed by atoms with Gasteiger partial charge in [0.2, 0.25) is 0 Å². The first-order chi connectivity index (χ1) is 9.41. The van der Waals surface area contributed by atoms with Crippen molar-refractivity contribution < 1.29 is 13.1 Å². The Morgan fingerprint density at radius 1 is 0.474 bits per heavy atom. The summed E-state index contributed by atoms with van der Waals surface area (Å²) in [7, 11) is 9.59. The van der Waals surface area contributed by atoms with Gasteiger partial charge < -0.3 is 26.6 Å². The van der Waals surface area contributed by atoms with Gasteiger partial charge in [0.1, 0.15) is 0 Å². The first-order valence-corrected chi connectivity index (χ1v) is 10.1. The minimum atomic E-state index is 0.00694. The first kappa shape index (κ1) is 19.9. The fourth-order valence-electron chi connectivity index (χ4n) is 1.67. The number of hydrogen-bond donors (Lipinski definition) is 5. The van der Waals surface area contributed by atoms with Crippen LogP contribution in [0.3, 0.4) is 0 Å². The van der Waals surface area contributed by atoms with Gasteiger partial charge in [0.05, 0.1) is 0 Å². The van der Waals surface area contributed by atoms with Crippen LogP contribution in [0.4, 0.5) is 0 Å². The Morgan fingerprint density at radius 3 is 0.947 bits per heavy atom. The van der Waals surface area contributed by atoms with Crippen LogP contribution in [0.1, 0.15) is 6.42 Å². The monoisotopic (exact) mass is 354 g/mol. The van der Waals surface area contributed by atoms with Crippen molar-refractivity contribution in [3.8, 4) is 0 Å². The summed E-state index contributed by atoms with van der Waals surface area (Å²) in [6.45, 7) is 10.7. The molecule has 0 saturated carbocycles. The molecule has 1 heterocycles. The molecule has 0 radical (unpaired) electrons. The predicted octanol–water partition coefficient (Wildman–Crippen LogP) is -0.285. The van der Waals surface area contributed by atoms with Crippen LogP contribution in [0.15, 0.2) is 0 Å². The van der Waals surface area contributed by atoms with Crippen LogP contribution in [-0.2, 0) is 13.1 Å². The molecule has 0 bridgehead atoms. The summed E-state index contributed by atoms with van der Waals surface area (Å²) < 4.78 is 0. The van der Waals surface area contributed by atoms with Crippen molar-refractivity contribution >= 4 is 20.2 Å². The molecule has 0 aromatic carbocycles. The van der Waals surface area contributed by atoms with E-state index in [0.29, 0.717) is 0 Å². The van der Waals surface area contributed by atoms with Crippen LogP contribution in [0.25, 0.3) is 0 Å². The Bertz CT molecular complexity index is 104. The Kier molecular flexibility index (Phi) is 19.8. The minimum absolute atomic E-state index is 0.00694. The molecule has 0 aliphatic carbocycles. The SMILES string of the molecule is C1CNCCNCCNCCNCCNC1.[Cl][Mn][Cl]. The number of hydrogen-bond acceptors (Lipinski definition) is 5. The molecule has 8 heteroatoms. The molecule has 0 aromatic rings. The Labute approximate surface area is 131 Å². The summed E-state index contributed by atoms with van der Waals surface area (Å²) in [5.41, 5.74) is 0. The summed E-state index contributed by atoms with van der Waals surface area (Å²) >= 11 is 0.00694. The van der Waals surface area contributed by atoms with E-state index in [1.54, 1.807) is 0 Å². The van der Waals surface area contributed by atoms with E-state index in [2.05, 4.69) is 26.6 Å². The van der Waals surface area contributed by atoms with Gasteiger partial charge in [-0.05, 0) is 19.5 Å². The van der Waals surface area contributed by atoms with Crippen molar-refractivity contribution in [1.82, 2.24) is 26.6 Å². The topological polar surface area (TPSA) is 60.1 Å².